The Balaban J connectivity index is 2.44. The average molecular weight is 315 g/mol. The van der Waals surface area contributed by atoms with Gasteiger partial charge in [-0.2, -0.15) is 0 Å². The molecular formula is C10H13N5O3S2. The summed E-state index contributed by atoms with van der Waals surface area (Å²) < 4.78 is 27.0. The number of nitrogens with one attached hydrogen (secondary N) is 2. The fraction of sp³-hybridized carbons (Fsp3) is 0.200. The molecule has 108 valence electrons. The number of nitrogens with zero attached hydrogens (tertiary/aromatic N) is 2. The lowest BCUT2D eigenvalue weighted by Gasteiger charge is -2.08. The van der Waals surface area contributed by atoms with Crippen LogP contribution in [0.1, 0.15) is 0 Å². The monoisotopic (exact) mass is 315 g/mol. The number of aromatic nitrogens is 3. The Morgan fingerprint density at radius 1 is 1.45 bits per heavy atom. The van der Waals surface area contributed by atoms with Crippen molar-refractivity contribution in [1.82, 2.24) is 19.5 Å². The molecule has 2 rings (SSSR count). The standard InChI is InChI=1S/C10H13N5O3S2/c1-12-20(17,18)6-3-4-7(11)8(5-6)19-10-14-13-9(16)15(10)2/h3-5,12H,11H2,1-2H3,(H,13,16). The number of aromatic amines is 1. The molecular weight excluding hydrogens is 302 g/mol. The Morgan fingerprint density at radius 3 is 2.70 bits per heavy atom. The number of nitrogen functional groups attached to an aromatic ring is 1. The van der Waals surface area contributed by atoms with Crippen molar-refractivity contribution in [2.75, 3.05) is 12.8 Å². The molecule has 1 aromatic heterocycles. The van der Waals surface area contributed by atoms with Crippen LogP contribution in [0, 0.1) is 0 Å². The maximum Gasteiger partial charge on any atom is 0.343 e. The average Bonchev–Trinajstić information content (AvgIpc) is 2.73. The first-order valence-electron chi connectivity index (χ1n) is 5.47. The topological polar surface area (TPSA) is 123 Å². The molecule has 0 atom stereocenters. The van der Waals surface area contributed by atoms with Crippen LogP contribution in [-0.2, 0) is 17.1 Å². The van der Waals surface area contributed by atoms with Crippen molar-refractivity contribution in [3.8, 4) is 0 Å². The summed E-state index contributed by atoms with van der Waals surface area (Å²) in [4.78, 5) is 11.9. The summed E-state index contributed by atoms with van der Waals surface area (Å²) >= 11 is 1.11. The fourth-order valence-electron chi connectivity index (χ4n) is 1.41. The van der Waals surface area contributed by atoms with Gasteiger partial charge in [-0.25, -0.2) is 23.0 Å². The Hall–Kier alpha value is -1.78. The summed E-state index contributed by atoms with van der Waals surface area (Å²) in [7, 11) is -0.667. The number of hydrogen-bond acceptors (Lipinski definition) is 6. The van der Waals surface area contributed by atoms with Crippen molar-refractivity contribution in [3.63, 3.8) is 0 Å². The molecule has 2 aromatic rings. The second-order valence-corrected chi connectivity index (χ2v) is 6.78. The van der Waals surface area contributed by atoms with Gasteiger partial charge >= 0.3 is 5.69 Å². The van der Waals surface area contributed by atoms with Gasteiger partial charge in [0.05, 0.1) is 4.90 Å². The number of nitrogens with two attached hydrogens (primary N) is 1. The van der Waals surface area contributed by atoms with E-state index < -0.39 is 10.0 Å². The number of benzene rings is 1. The Labute approximate surface area is 119 Å². The van der Waals surface area contributed by atoms with Gasteiger partial charge in [0.2, 0.25) is 10.0 Å². The molecule has 0 unspecified atom stereocenters. The van der Waals surface area contributed by atoms with Crippen LogP contribution in [0.5, 0.6) is 0 Å². The van der Waals surface area contributed by atoms with Crippen molar-refractivity contribution < 1.29 is 8.42 Å². The van der Waals surface area contributed by atoms with Gasteiger partial charge in [-0.15, -0.1) is 5.10 Å². The van der Waals surface area contributed by atoms with Crippen LogP contribution >= 0.6 is 11.8 Å². The maximum atomic E-state index is 11.7. The Bertz CT molecular complexity index is 793. The predicted octanol–water partition coefficient (Wildman–Crippen LogP) is -0.250. The van der Waals surface area contributed by atoms with E-state index in [1.54, 1.807) is 7.05 Å². The number of anilines is 1. The molecule has 0 saturated heterocycles. The number of rotatable bonds is 4. The third kappa shape index (κ3) is 2.71. The SMILES string of the molecule is CNS(=O)(=O)c1ccc(N)c(Sc2n[nH]c(=O)n2C)c1. The number of H-pyrrole nitrogens is 1. The van der Waals surface area contributed by atoms with Crippen LogP contribution < -0.4 is 16.1 Å². The van der Waals surface area contributed by atoms with Gasteiger partial charge in [-0.3, -0.25) is 4.57 Å². The molecule has 1 aromatic carbocycles. The second-order valence-electron chi connectivity index (χ2n) is 3.88. The molecule has 0 aliphatic carbocycles. The minimum atomic E-state index is -3.55. The first kappa shape index (κ1) is 14.6. The molecule has 4 N–H and O–H groups in total. The molecule has 0 aliphatic heterocycles. The van der Waals surface area contributed by atoms with Crippen LogP contribution in [0.3, 0.4) is 0 Å². The van der Waals surface area contributed by atoms with Crippen molar-refractivity contribution in [1.29, 1.82) is 0 Å². The molecule has 0 amide bonds. The summed E-state index contributed by atoms with van der Waals surface area (Å²) in [5.74, 6) is 0. The maximum absolute atomic E-state index is 11.7. The molecule has 1 heterocycles. The zero-order chi connectivity index (χ0) is 14.9. The van der Waals surface area contributed by atoms with Gasteiger partial charge in [0, 0.05) is 17.6 Å². The molecule has 0 bridgehead atoms. The smallest absolute Gasteiger partial charge is 0.343 e. The van der Waals surface area contributed by atoms with Crippen molar-refractivity contribution in [2.24, 2.45) is 7.05 Å². The van der Waals surface area contributed by atoms with Crippen LogP contribution in [0.15, 0.2) is 37.9 Å². The summed E-state index contributed by atoms with van der Waals surface area (Å²) in [6, 6.07) is 4.34. The second kappa shape index (κ2) is 5.31. The van der Waals surface area contributed by atoms with Gasteiger partial charge in [-0.05, 0) is 37.0 Å². The van der Waals surface area contributed by atoms with Gasteiger partial charge in [-0.1, -0.05) is 0 Å². The van der Waals surface area contributed by atoms with Gasteiger partial charge < -0.3 is 5.73 Å². The molecule has 0 spiro atoms. The van der Waals surface area contributed by atoms with E-state index in [-0.39, 0.29) is 10.6 Å². The molecule has 0 aliphatic rings. The van der Waals surface area contributed by atoms with Gasteiger partial charge in [0.1, 0.15) is 0 Å². The quantitative estimate of drug-likeness (QED) is 0.669. The van der Waals surface area contributed by atoms with Crippen LogP contribution in [-0.4, -0.2) is 30.2 Å². The molecule has 10 heteroatoms. The lowest BCUT2D eigenvalue weighted by molar-refractivity contribution is 0.588. The minimum absolute atomic E-state index is 0.0947. The summed E-state index contributed by atoms with van der Waals surface area (Å²) in [6.07, 6.45) is 0. The highest BCUT2D eigenvalue weighted by molar-refractivity contribution is 7.99. The molecule has 0 radical (unpaired) electrons. The highest BCUT2D eigenvalue weighted by atomic mass is 32.2. The lowest BCUT2D eigenvalue weighted by atomic mass is 10.3. The minimum Gasteiger partial charge on any atom is -0.398 e. The predicted molar refractivity (Wildman–Crippen MR) is 75.1 cm³/mol. The highest BCUT2D eigenvalue weighted by Crippen LogP contribution is 2.31. The van der Waals surface area contributed by atoms with E-state index in [0.29, 0.717) is 15.7 Å². The molecule has 0 saturated carbocycles. The van der Waals surface area contributed by atoms with Crippen LogP contribution in [0.4, 0.5) is 5.69 Å². The largest absolute Gasteiger partial charge is 0.398 e. The van der Waals surface area contributed by atoms with E-state index in [0.717, 1.165) is 11.8 Å². The van der Waals surface area contributed by atoms with Gasteiger partial charge in [0.15, 0.2) is 5.16 Å². The summed E-state index contributed by atoms with van der Waals surface area (Å²) in [5, 5.41) is 6.52. The van der Waals surface area contributed by atoms with E-state index in [1.807, 2.05) is 0 Å². The van der Waals surface area contributed by atoms with E-state index in [1.165, 1.54) is 29.8 Å². The first-order chi connectivity index (χ1) is 9.35. The molecule has 8 nitrogen and oxygen atoms in total. The van der Waals surface area contributed by atoms with Crippen molar-refractivity contribution >= 4 is 27.5 Å². The van der Waals surface area contributed by atoms with E-state index in [2.05, 4.69) is 14.9 Å². The lowest BCUT2D eigenvalue weighted by Crippen LogP contribution is -2.18. The van der Waals surface area contributed by atoms with Gasteiger partial charge in [0.25, 0.3) is 0 Å². The number of hydrogen-bond donors (Lipinski definition) is 3. The number of sulfonamides is 1. The normalized spacial score (nSPS) is 11.7. The Kier molecular flexibility index (Phi) is 3.88. The summed E-state index contributed by atoms with van der Waals surface area (Å²) in [6.45, 7) is 0. The van der Waals surface area contributed by atoms with E-state index in [9.17, 15) is 13.2 Å². The van der Waals surface area contributed by atoms with E-state index >= 15 is 0 Å². The van der Waals surface area contributed by atoms with Crippen LogP contribution in [0.2, 0.25) is 0 Å². The zero-order valence-electron chi connectivity index (χ0n) is 10.7. The van der Waals surface area contributed by atoms with Crippen molar-refractivity contribution in [2.45, 2.75) is 14.9 Å². The third-order valence-corrected chi connectivity index (χ3v) is 5.14. The molecule has 20 heavy (non-hydrogen) atoms. The Morgan fingerprint density at radius 2 is 2.15 bits per heavy atom. The first-order valence-corrected chi connectivity index (χ1v) is 7.77. The fourth-order valence-corrected chi connectivity index (χ4v) is 3.12. The van der Waals surface area contributed by atoms with Crippen molar-refractivity contribution in [3.05, 3.63) is 28.7 Å². The van der Waals surface area contributed by atoms with Crippen LogP contribution in [0.25, 0.3) is 0 Å². The summed E-state index contributed by atoms with van der Waals surface area (Å²) in [5.41, 5.74) is 5.86. The zero-order valence-corrected chi connectivity index (χ0v) is 12.4. The molecule has 0 fully saturated rings. The van der Waals surface area contributed by atoms with E-state index in [4.69, 9.17) is 5.73 Å². The highest BCUT2D eigenvalue weighted by Gasteiger charge is 2.15. The third-order valence-electron chi connectivity index (χ3n) is 2.60.